The number of nitrogens with zero attached hydrogens (tertiary/aromatic N) is 2. The predicted molar refractivity (Wildman–Crippen MR) is 20.9 cm³/mol. The molecular weight excluding hydrogens is 165 g/mol. The summed E-state index contributed by atoms with van der Waals surface area (Å²) in [4.78, 5) is 0. The van der Waals surface area contributed by atoms with Gasteiger partial charge in [-0.15, -0.1) is 6.20 Å². The second kappa shape index (κ2) is 4.35. The van der Waals surface area contributed by atoms with Crippen molar-refractivity contribution in [2.45, 2.75) is 0 Å². The first-order valence-electron chi connectivity index (χ1n) is 1.64. The van der Waals surface area contributed by atoms with Crippen LogP contribution in [-0.2, 0) is 32.7 Å². The third kappa shape index (κ3) is 2.83. The van der Waals surface area contributed by atoms with E-state index in [4.69, 9.17) is 0 Å². The first kappa shape index (κ1) is 7.18. The molecule has 2 nitrogen and oxygen atoms in total. The average Bonchev–Trinajstić information content (AvgIpc) is 1.72. The zero-order chi connectivity index (χ0) is 4.24. The summed E-state index contributed by atoms with van der Waals surface area (Å²) in [7, 11) is 0. The normalized spacial score (nSPS) is 6.86. The third-order valence-corrected chi connectivity index (χ3v) is 0.439. The molecule has 7 heavy (non-hydrogen) atoms. The van der Waals surface area contributed by atoms with Gasteiger partial charge < -0.3 is 0 Å². The largest absolute Gasteiger partial charge is 0.268 e. The zero-order valence-electron chi connectivity index (χ0n) is 3.70. The van der Waals surface area contributed by atoms with E-state index in [9.17, 15) is 0 Å². The number of aromatic nitrogens is 2. The van der Waals surface area contributed by atoms with Gasteiger partial charge in [0, 0.05) is 32.7 Å². The fourth-order valence-corrected chi connectivity index (χ4v) is 0.225. The number of hydrogen-bond donors (Lipinski definition) is 0. The van der Waals surface area contributed by atoms with Crippen LogP contribution in [0.15, 0.2) is 18.3 Å². The summed E-state index contributed by atoms with van der Waals surface area (Å²) < 4.78 is 0. The Kier molecular flexibility index (Phi) is 4.46. The molecule has 0 atom stereocenters. The van der Waals surface area contributed by atoms with Crippen LogP contribution in [0.2, 0.25) is 0 Å². The Hall–Kier alpha value is 0.184. The monoisotopic (exact) mass is 168 g/mol. The molecule has 1 rings (SSSR count). The smallest absolute Gasteiger partial charge is 0 e. The first-order valence-corrected chi connectivity index (χ1v) is 1.64. The van der Waals surface area contributed by atoms with Gasteiger partial charge in [0.15, 0.2) is 0 Å². The first-order chi connectivity index (χ1) is 3.00. The van der Waals surface area contributed by atoms with Gasteiger partial charge in [-0.05, 0) is 6.20 Å². The van der Waals surface area contributed by atoms with Gasteiger partial charge in [0.25, 0.3) is 0 Å². The zero-order valence-corrected chi connectivity index (χ0v) is 6.54. The Balaban J connectivity index is 0.000000360. The summed E-state index contributed by atoms with van der Waals surface area (Å²) in [6.07, 6.45) is 4.14. The van der Waals surface area contributed by atoms with Crippen LogP contribution in [0.3, 0.4) is 0 Å². The van der Waals surface area contributed by atoms with Crippen LogP contribution in [0.1, 0.15) is 0 Å². The second-order valence-electron chi connectivity index (χ2n) is 0.853. The van der Waals surface area contributed by atoms with Crippen molar-refractivity contribution >= 4 is 0 Å². The van der Waals surface area contributed by atoms with Crippen molar-refractivity contribution in [1.29, 1.82) is 0 Å². The van der Waals surface area contributed by atoms with E-state index < -0.39 is 0 Å². The van der Waals surface area contributed by atoms with Crippen LogP contribution in [0, 0.1) is 6.20 Å². The van der Waals surface area contributed by atoms with Crippen LogP contribution in [0.25, 0.3) is 0 Å². The molecule has 1 aromatic rings. The van der Waals surface area contributed by atoms with E-state index in [0.29, 0.717) is 0 Å². The molecule has 3 heteroatoms. The van der Waals surface area contributed by atoms with E-state index in [-0.39, 0.29) is 32.7 Å². The molecule has 0 bridgehead atoms. The van der Waals surface area contributed by atoms with E-state index in [0.717, 1.165) is 0 Å². The minimum atomic E-state index is 0. The molecule has 0 unspecified atom stereocenters. The van der Waals surface area contributed by atoms with Gasteiger partial charge in [-0.1, -0.05) is 0 Å². The summed E-state index contributed by atoms with van der Waals surface area (Å²) in [6, 6.07) is 3.47. The van der Waals surface area contributed by atoms with Gasteiger partial charge in [-0.25, -0.2) is 6.07 Å². The summed E-state index contributed by atoms with van der Waals surface area (Å²) in [5, 5.41) is 6.89. The molecule has 1 aromatic heterocycles. The SMILES string of the molecule is [Y].[c-]1cccnn1. The van der Waals surface area contributed by atoms with Crippen molar-refractivity contribution in [3.8, 4) is 0 Å². The van der Waals surface area contributed by atoms with Gasteiger partial charge >= 0.3 is 0 Å². The molecule has 1 radical (unpaired) electrons. The molecule has 0 fully saturated rings. The Morgan fingerprint density at radius 2 is 2.29 bits per heavy atom. The fourth-order valence-electron chi connectivity index (χ4n) is 0.225. The van der Waals surface area contributed by atoms with Crippen LogP contribution in [-0.4, -0.2) is 10.2 Å². The van der Waals surface area contributed by atoms with Crippen molar-refractivity contribution in [1.82, 2.24) is 10.2 Å². The van der Waals surface area contributed by atoms with E-state index >= 15 is 0 Å². The fraction of sp³-hybridized carbons (Fsp3) is 0. The van der Waals surface area contributed by atoms with Gasteiger partial charge in [0.2, 0.25) is 0 Å². The predicted octanol–water partition coefficient (Wildman–Crippen LogP) is 0.274. The van der Waals surface area contributed by atoms with Crippen LogP contribution >= 0.6 is 0 Å². The topological polar surface area (TPSA) is 25.8 Å². The molecular formula is C4H3N2Y-. The molecule has 0 aromatic carbocycles. The molecule has 0 amide bonds. The number of hydrogen-bond acceptors (Lipinski definition) is 2. The molecule has 0 aliphatic carbocycles. The second-order valence-corrected chi connectivity index (χ2v) is 0.853. The van der Waals surface area contributed by atoms with Crippen molar-refractivity contribution in [3.63, 3.8) is 0 Å². The quantitative estimate of drug-likeness (QED) is 0.519. The molecule has 1 heterocycles. The summed E-state index contributed by atoms with van der Waals surface area (Å²) in [6.45, 7) is 0. The third-order valence-electron chi connectivity index (χ3n) is 0.439. The molecule has 0 aliphatic rings. The van der Waals surface area contributed by atoms with E-state index in [1.54, 1.807) is 18.3 Å². The molecule has 0 saturated heterocycles. The Morgan fingerprint density at radius 1 is 1.43 bits per heavy atom. The van der Waals surface area contributed by atoms with Gasteiger partial charge in [0.1, 0.15) is 0 Å². The standard InChI is InChI=1S/C4H3N2.Y/c1-2-4-6-5-3-1;/h1-3H;/q-1;. The van der Waals surface area contributed by atoms with Gasteiger partial charge in [0.05, 0.1) is 0 Å². The minimum Gasteiger partial charge on any atom is -0.268 e. The van der Waals surface area contributed by atoms with Crippen LogP contribution in [0.4, 0.5) is 0 Å². The Bertz CT molecular complexity index is 81.6. The van der Waals surface area contributed by atoms with Crippen molar-refractivity contribution < 1.29 is 32.7 Å². The van der Waals surface area contributed by atoms with Crippen molar-refractivity contribution in [2.24, 2.45) is 0 Å². The Labute approximate surface area is 67.2 Å². The Morgan fingerprint density at radius 3 is 2.43 bits per heavy atom. The van der Waals surface area contributed by atoms with Crippen LogP contribution in [0.5, 0.6) is 0 Å². The summed E-state index contributed by atoms with van der Waals surface area (Å²) >= 11 is 0. The van der Waals surface area contributed by atoms with Gasteiger partial charge in [-0.3, -0.25) is 5.10 Å². The van der Waals surface area contributed by atoms with E-state index in [2.05, 4.69) is 16.4 Å². The maximum Gasteiger partial charge on any atom is 0 e. The maximum absolute atomic E-state index is 3.48. The van der Waals surface area contributed by atoms with Crippen molar-refractivity contribution in [3.05, 3.63) is 24.5 Å². The molecule has 33 valence electrons. The van der Waals surface area contributed by atoms with E-state index in [1.165, 1.54) is 0 Å². The molecule has 0 spiro atoms. The summed E-state index contributed by atoms with van der Waals surface area (Å²) in [5.74, 6) is 0. The average molecular weight is 168 g/mol. The van der Waals surface area contributed by atoms with Gasteiger partial charge in [-0.2, -0.15) is 11.2 Å². The van der Waals surface area contributed by atoms with Crippen molar-refractivity contribution in [2.75, 3.05) is 0 Å². The number of rotatable bonds is 0. The maximum atomic E-state index is 3.48. The molecule has 0 N–H and O–H groups in total. The van der Waals surface area contributed by atoms with Crippen LogP contribution < -0.4 is 0 Å². The summed E-state index contributed by atoms with van der Waals surface area (Å²) in [5.41, 5.74) is 0. The molecule has 0 aliphatic heterocycles. The van der Waals surface area contributed by atoms with E-state index in [1.807, 2.05) is 0 Å². The molecule has 0 saturated carbocycles. The minimum absolute atomic E-state index is 0.